The van der Waals surface area contributed by atoms with Gasteiger partial charge in [0, 0.05) is 0 Å². The molecular weight excluding hydrogens is 959 g/mol. The number of hydrogen-bond acceptors (Lipinski definition) is 6. The van der Waals surface area contributed by atoms with Crippen LogP contribution in [0.5, 0.6) is 0 Å². The van der Waals surface area contributed by atoms with E-state index in [9.17, 15) is 9.59 Å². The first-order valence-electron chi connectivity index (χ1n) is 24.7. The number of carbonyl (C=O) groups excluding carboxylic acids is 2. The van der Waals surface area contributed by atoms with Crippen molar-refractivity contribution in [3.05, 3.63) is 117 Å². The van der Waals surface area contributed by atoms with E-state index < -0.39 is 31.8 Å². The fraction of sp³-hybridized carbons (Fsp3) is 0.519. The third kappa shape index (κ3) is 11.2. The summed E-state index contributed by atoms with van der Waals surface area (Å²) >= 11 is -1.94. The number of aryl methyl sites for hydroxylation is 8. The van der Waals surface area contributed by atoms with Gasteiger partial charge in [-0.25, -0.2) is 0 Å². The van der Waals surface area contributed by atoms with Gasteiger partial charge in [0.25, 0.3) is 0 Å². The van der Waals surface area contributed by atoms with E-state index in [0.29, 0.717) is 0 Å². The summed E-state index contributed by atoms with van der Waals surface area (Å²) in [4.78, 5) is 38.0. The normalized spacial score (nSPS) is 15.4. The van der Waals surface area contributed by atoms with Gasteiger partial charge in [-0.3, -0.25) is 0 Å². The van der Waals surface area contributed by atoms with Crippen molar-refractivity contribution in [3.8, 4) is 0 Å². The third-order valence-corrected chi connectivity index (χ3v) is 20.4. The molecule has 0 aliphatic carbocycles. The Morgan fingerprint density at radius 1 is 0.397 bits per heavy atom. The van der Waals surface area contributed by atoms with Crippen molar-refractivity contribution in [1.82, 2.24) is 17.3 Å². The van der Waals surface area contributed by atoms with Crippen LogP contribution in [-0.2, 0) is 0 Å². The number of hydrogen-bond donors (Lipinski definition) is 0. The van der Waals surface area contributed by atoms with Crippen LogP contribution in [0.1, 0.15) is 141 Å². The van der Waals surface area contributed by atoms with Crippen LogP contribution in [0.3, 0.4) is 0 Å². The van der Waals surface area contributed by atoms with Crippen LogP contribution in [0, 0.1) is 55.4 Å². The Morgan fingerprint density at radius 2 is 0.603 bits per heavy atom. The molecule has 2 heterocycles. The second-order valence-electron chi connectivity index (χ2n) is 22.2. The first-order valence-corrected chi connectivity index (χ1v) is 28.5. The van der Waals surface area contributed by atoms with Gasteiger partial charge in [-0.15, -0.1) is 0 Å². The number of urea groups is 2. The molecule has 4 amide bonds. The minimum absolute atomic E-state index is 0.115. The van der Waals surface area contributed by atoms with E-state index in [2.05, 4.69) is 260 Å². The summed E-state index contributed by atoms with van der Waals surface area (Å²) in [7, 11) is -0.378. The Balaban J connectivity index is 0.000000254. The Hall–Kier alpha value is -3.84. The summed E-state index contributed by atoms with van der Waals surface area (Å²) in [6, 6.07) is 27.0. The molecule has 14 heteroatoms. The van der Waals surface area contributed by atoms with Crippen molar-refractivity contribution in [2.75, 3.05) is 17.2 Å². The minimum atomic E-state index is -0.970. The molecule has 0 atom stereocenters. The van der Waals surface area contributed by atoms with Gasteiger partial charge in [-0.1, -0.05) is 0 Å². The van der Waals surface area contributed by atoms with Gasteiger partial charge in [0.05, 0.1) is 0 Å². The molecule has 4 radical (unpaired) electrons. The maximum absolute atomic E-state index is 14.4. The van der Waals surface area contributed by atoms with Crippen LogP contribution in [0.2, 0.25) is 0 Å². The summed E-state index contributed by atoms with van der Waals surface area (Å²) in [6.45, 7) is 48.2. The fourth-order valence-electron chi connectivity index (χ4n) is 10.2. The summed E-state index contributed by atoms with van der Waals surface area (Å²) in [6.07, 6.45) is 0. The molecule has 2 saturated heterocycles. The molecule has 0 saturated carbocycles. The standard InChI is InChI=1S/2C27H41BGeN4O/c2*1-18(2)30(19(3)4)28-31(24-20(5)14-12-15-21(24)6)26(34)32(27(9,10)11)29-33(28)25-22(7)16-13-17-23(25)8/h2*12-19H,1-11H3. The molecule has 4 aromatic carbocycles. The van der Waals surface area contributed by atoms with Crippen molar-refractivity contribution in [2.45, 2.75) is 188 Å². The number of nitrogens with zero attached hydrogens (tertiary/aromatic N) is 8. The number of para-hydroxylation sites is 4. The summed E-state index contributed by atoms with van der Waals surface area (Å²) in [5, 5.41) is 0. The van der Waals surface area contributed by atoms with Crippen molar-refractivity contribution in [3.63, 3.8) is 0 Å². The monoisotopic (exact) mass is 1040 g/mol. The number of benzene rings is 4. The van der Waals surface area contributed by atoms with Crippen molar-refractivity contribution < 1.29 is 9.59 Å². The number of anilines is 4. The Bertz CT molecular complexity index is 2170. The first-order chi connectivity index (χ1) is 31.5. The molecule has 0 N–H and O–H groups in total. The van der Waals surface area contributed by atoms with E-state index in [-0.39, 0.29) is 61.5 Å². The van der Waals surface area contributed by atoms with Crippen LogP contribution in [-0.4, -0.2) is 111 Å². The second kappa shape index (κ2) is 21.7. The fourth-order valence-corrected chi connectivity index (χ4v) is 16.6. The Morgan fingerprint density at radius 3 is 0.794 bits per heavy atom. The molecular formula is C54H82B2Ge2N8O2. The van der Waals surface area contributed by atoms with Crippen LogP contribution in [0.25, 0.3) is 0 Å². The molecule has 364 valence electrons. The summed E-state index contributed by atoms with van der Waals surface area (Å²) < 4.78 is 9.42. The van der Waals surface area contributed by atoms with Gasteiger partial charge >= 0.3 is 430 Å². The third-order valence-electron chi connectivity index (χ3n) is 13.1. The zero-order valence-corrected chi connectivity index (χ0v) is 50.0. The molecule has 2 aliphatic rings. The maximum atomic E-state index is 14.4. The van der Waals surface area contributed by atoms with E-state index in [0.717, 1.165) is 33.6 Å². The van der Waals surface area contributed by atoms with Gasteiger partial charge in [0.1, 0.15) is 0 Å². The average Bonchev–Trinajstić information content (AvgIpc) is 3.19. The van der Waals surface area contributed by atoms with Crippen molar-refractivity contribution in [1.29, 1.82) is 0 Å². The second-order valence-corrected chi connectivity index (χ2v) is 26.9. The van der Waals surface area contributed by atoms with Crippen molar-refractivity contribution in [2.24, 2.45) is 0 Å². The van der Waals surface area contributed by atoms with Gasteiger partial charge in [-0.05, 0) is 0 Å². The van der Waals surface area contributed by atoms with Crippen LogP contribution in [0.4, 0.5) is 32.3 Å². The first kappa shape index (κ1) is 55.1. The number of rotatable bonds is 10. The number of amides is 4. The molecule has 0 aromatic heterocycles. The predicted molar refractivity (Wildman–Crippen MR) is 295 cm³/mol. The Labute approximate surface area is 427 Å². The van der Waals surface area contributed by atoms with E-state index in [4.69, 9.17) is 0 Å². The molecule has 10 nitrogen and oxygen atoms in total. The zero-order valence-electron chi connectivity index (χ0n) is 45.8. The van der Waals surface area contributed by atoms with Crippen LogP contribution >= 0.6 is 0 Å². The molecule has 0 bridgehead atoms. The SMILES string of the molecule is Cc1cccc(C)c1[N]1[Ge][N](C(C)(C)C)C(=O)N(c2c(C)cccc2C)B1N(C(C)C)C(C)C.Cc1cccc(C)c1[N]1[Ge][N](C(C)(C)C)C(=O)N(c2c(C)cccc2C)B1N(C(C)C)C(C)C. The molecule has 0 unspecified atom stereocenters. The van der Waals surface area contributed by atoms with E-state index in [1.807, 2.05) is 0 Å². The molecule has 6 rings (SSSR count). The van der Waals surface area contributed by atoms with Gasteiger partial charge in [0.2, 0.25) is 0 Å². The molecule has 68 heavy (non-hydrogen) atoms. The number of carbonyl (C=O) groups is 2. The quantitative estimate of drug-likeness (QED) is 0.148. The molecule has 2 fully saturated rings. The zero-order chi connectivity index (χ0) is 51.1. The molecule has 2 aliphatic heterocycles. The van der Waals surface area contributed by atoms with E-state index in [1.54, 1.807) is 0 Å². The van der Waals surface area contributed by atoms with E-state index >= 15 is 0 Å². The van der Waals surface area contributed by atoms with Crippen molar-refractivity contribution >= 4 is 80.8 Å². The van der Waals surface area contributed by atoms with Crippen LogP contribution in [0.15, 0.2) is 72.8 Å². The summed E-state index contributed by atoms with van der Waals surface area (Å²) in [5.74, 6) is 0. The molecule has 4 aromatic rings. The predicted octanol–water partition coefficient (Wildman–Crippen LogP) is 12.2. The van der Waals surface area contributed by atoms with Crippen LogP contribution < -0.4 is 17.2 Å². The van der Waals surface area contributed by atoms with Gasteiger partial charge < -0.3 is 0 Å². The van der Waals surface area contributed by atoms with Gasteiger partial charge in [0.15, 0.2) is 0 Å². The van der Waals surface area contributed by atoms with Gasteiger partial charge in [-0.2, -0.15) is 0 Å². The topological polar surface area (TPSA) is 60.1 Å². The molecule has 0 spiro atoms. The summed E-state index contributed by atoms with van der Waals surface area (Å²) in [5.41, 5.74) is 13.6. The average molecular weight is 1040 g/mol. The van der Waals surface area contributed by atoms with E-state index in [1.165, 1.54) is 33.6 Å². The Kier molecular flexibility index (Phi) is 17.5.